The summed E-state index contributed by atoms with van der Waals surface area (Å²) in [6, 6.07) is 3.70. The summed E-state index contributed by atoms with van der Waals surface area (Å²) >= 11 is 0. The van der Waals surface area contributed by atoms with Gasteiger partial charge in [0.1, 0.15) is 19.2 Å². The Morgan fingerprint density at radius 2 is 2.13 bits per heavy atom. The molecule has 1 amide bonds. The monoisotopic (exact) mass is 208 g/mol. The highest BCUT2D eigenvalue weighted by atomic mass is 16.5. The molecule has 1 atom stereocenters. The Labute approximate surface area is 88.0 Å². The van der Waals surface area contributed by atoms with Gasteiger partial charge in [-0.3, -0.25) is 4.79 Å². The van der Waals surface area contributed by atoms with Gasteiger partial charge in [-0.25, -0.2) is 0 Å². The maximum atomic E-state index is 11.7. The lowest BCUT2D eigenvalue weighted by Gasteiger charge is -2.26. The normalized spacial score (nSPS) is 20.0. The van der Waals surface area contributed by atoms with Crippen LogP contribution >= 0.6 is 0 Å². The van der Waals surface area contributed by atoms with E-state index in [1.54, 1.807) is 0 Å². The minimum absolute atomic E-state index is 0.0771. The van der Waals surface area contributed by atoms with Crippen molar-refractivity contribution in [2.24, 2.45) is 0 Å². The molecule has 1 aliphatic heterocycles. The van der Waals surface area contributed by atoms with Gasteiger partial charge in [0.25, 0.3) is 5.91 Å². The quantitative estimate of drug-likeness (QED) is 0.591. The number of nitrogens with zero attached hydrogens (tertiary/aromatic N) is 3. The number of morpholine rings is 1. The maximum absolute atomic E-state index is 11.7. The number of hydrogen-bond donors (Lipinski definition) is 1. The fraction of sp³-hybridized carbons (Fsp3) is 0.667. The van der Waals surface area contributed by atoms with Crippen LogP contribution in [-0.2, 0) is 9.53 Å². The molecule has 0 radical (unpaired) electrons. The molecule has 6 heteroatoms. The second-order valence-electron chi connectivity index (χ2n) is 3.07. The van der Waals surface area contributed by atoms with Crippen LogP contribution in [0.25, 0.3) is 0 Å². The van der Waals surface area contributed by atoms with Gasteiger partial charge in [0.2, 0.25) is 0 Å². The van der Waals surface area contributed by atoms with Crippen LogP contribution in [0.15, 0.2) is 0 Å². The van der Waals surface area contributed by atoms with E-state index in [2.05, 4.69) is 5.32 Å². The van der Waals surface area contributed by atoms with Gasteiger partial charge in [0, 0.05) is 13.1 Å². The van der Waals surface area contributed by atoms with E-state index in [9.17, 15) is 4.79 Å². The van der Waals surface area contributed by atoms with Crippen LogP contribution in [-0.4, -0.2) is 49.7 Å². The van der Waals surface area contributed by atoms with Crippen LogP contribution in [0, 0.1) is 22.7 Å². The van der Waals surface area contributed by atoms with Crippen molar-refractivity contribution >= 4 is 5.91 Å². The molecule has 1 aliphatic rings. The van der Waals surface area contributed by atoms with Gasteiger partial charge in [0.15, 0.2) is 0 Å². The summed E-state index contributed by atoms with van der Waals surface area (Å²) in [6.07, 6.45) is -0.569. The van der Waals surface area contributed by atoms with E-state index in [0.29, 0.717) is 13.2 Å². The number of hydrogen-bond acceptors (Lipinski definition) is 5. The Hall–Kier alpha value is -1.63. The molecule has 1 heterocycles. The standard InChI is InChI=1S/C9H12N4O2/c10-1-4-13(5-2-11)9(14)8-7-12-3-6-15-8/h8,12H,3-7H2. The topological polar surface area (TPSA) is 89.2 Å². The zero-order valence-electron chi connectivity index (χ0n) is 8.27. The molecule has 1 unspecified atom stereocenters. The summed E-state index contributed by atoms with van der Waals surface area (Å²) in [4.78, 5) is 12.9. The van der Waals surface area contributed by atoms with Gasteiger partial charge in [-0.2, -0.15) is 10.5 Å². The van der Waals surface area contributed by atoms with Gasteiger partial charge in [-0.1, -0.05) is 0 Å². The Balaban J connectivity index is 2.54. The van der Waals surface area contributed by atoms with Gasteiger partial charge in [-0.15, -0.1) is 0 Å². The van der Waals surface area contributed by atoms with Gasteiger partial charge in [-0.05, 0) is 0 Å². The first-order valence-corrected chi connectivity index (χ1v) is 4.64. The van der Waals surface area contributed by atoms with E-state index in [4.69, 9.17) is 15.3 Å². The van der Waals surface area contributed by atoms with E-state index >= 15 is 0 Å². The average Bonchev–Trinajstić information content (AvgIpc) is 2.29. The van der Waals surface area contributed by atoms with Crippen LogP contribution < -0.4 is 5.32 Å². The molecule has 0 aliphatic carbocycles. The fourth-order valence-corrected chi connectivity index (χ4v) is 1.31. The Morgan fingerprint density at radius 3 is 2.60 bits per heavy atom. The van der Waals surface area contributed by atoms with E-state index in [0.717, 1.165) is 6.54 Å². The lowest BCUT2D eigenvalue weighted by molar-refractivity contribution is -0.143. The first-order valence-electron chi connectivity index (χ1n) is 4.64. The zero-order valence-corrected chi connectivity index (χ0v) is 8.27. The minimum Gasteiger partial charge on any atom is -0.366 e. The van der Waals surface area contributed by atoms with Gasteiger partial charge >= 0.3 is 0 Å². The molecule has 15 heavy (non-hydrogen) atoms. The summed E-state index contributed by atoms with van der Waals surface area (Å²) in [5.41, 5.74) is 0. The van der Waals surface area contributed by atoms with Crippen molar-refractivity contribution in [3.8, 4) is 12.1 Å². The molecule has 1 fully saturated rings. The molecule has 0 spiro atoms. The lowest BCUT2D eigenvalue weighted by atomic mass is 10.2. The predicted molar refractivity (Wildman–Crippen MR) is 50.4 cm³/mol. The molecular formula is C9H12N4O2. The van der Waals surface area contributed by atoms with Crippen LogP contribution in [0.1, 0.15) is 0 Å². The van der Waals surface area contributed by atoms with Crippen molar-refractivity contribution in [3.05, 3.63) is 0 Å². The van der Waals surface area contributed by atoms with Crippen LogP contribution in [0.3, 0.4) is 0 Å². The Bertz CT molecular complexity index is 282. The molecule has 0 saturated carbocycles. The average molecular weight is 208 g/mol. The number of nitriles is 2. The summed E-state index contributed by atoms with van der Waals surface area (Å²) in [6.45, 7) is 1.48. The third-order valence-corrected chi connectivity index (χ3v) is 2.04. The number of ether oxygens (including phenoxy) is 1. The molecule has 6 nitrogen and oxygen atoms in total. The number of amides is 1. The first-order chi connectivity index (χ1) is 7.29. The summed E-state index contributed by atoms with van der Waals surface area (Å²) in [5, 5.41) is 20.0. The highest BCUT2D eigenvalue weighted by molar-refractivity contribution is 5.81. The molecule has 0 aromatic rings. The second kappa shape index (κ2) is 5.97. The van der Waals surface area contributed by atoms with Crippen molar-refractivity contribution in [2.75, 3.05) is 32.8 Å². The number of carbonyl (C=O) groups is 1. The molecule has 1 rings (SSSR count). The van der Waals surface area contributed by atoms with E-state index in [-0.39, 0.29) is 19.0 Å². The molecule has 0 aromatic carbocycles. The van der Waals surface area contributed by atoms with Gasteiger partial charge in [0.05, 0.1) is 18.7 Å². The molecule has 80 valence electrons. The largest absolute Gasteiger partial charge is 0.366 e. The second-order valence-corrected chi connectivity index (χ2v) is 3.07. The molecule has 1 saturated heterocycles. The van der Waals surface area contributed by atoms with E-state index in [1.165, 1.54) is 4.90 Å². The Morgan fingerprint density at radius 1 is 1.47 bits per heavy atom. The molecule has 0 aromatic heterocycles. The first kappa shape index (κ1) is 11.4. The van der Waals surface area contributed by atoms with Crippen molar-refractivity contribution in [1.29, 1.82) is 10.5 Å². The maximum Gasteiger partial charge on any atom is 0.254 e. The Kier molecular flexibility index (Phi) is 4.55. The van der Waals surface area contributed by atoms with Crippen LogP contribution in [0.4, 0.5) is 0 Å². The third-order valence-electron chi connectivity index (χ3n) is 2.04. The number of carbonyl (C=O) groups excluding carboxylic acids is 1. The summed E-state index contributed by atoms with van der Waals surface area (Å²) in [5.74, 6) is -0.301. The van der Waals surface area contributed by atoms with Crippen molar-refractivity contribution in [3.63, 3.8) is 0 Å². The van der Waals surface area contributed by atoms with Crippen molar-refractivity contribution < 1.29 is 9.53 Å². The van der Waals surface area contributed by atoms with Crippen molar-refractivity contribution in [2.45, 2.75) is 6.10 Å². The van der Waals surface area contributed by atoms with Crippen molar-refractivity contribution in [1.82, 2.24) is 10.2 Å². The highest BCUT2D eigenvalue weighted by Crippen LogP contribution is 2.01. The highest BCUT2D eigenvalue weighted by Gasteiger charge is 2.26. The van der Waals surface area contributed by atoms with Gasteiger partial charge < -0.3 is 15.0 Å². The zero-order chi connectivity index (χ0) is 11.1. The molecule has 0 bridgehead atoms. The summed E-state index contributed by atoms with van der Waals surface area (Å²) < 4.78 is 5.24. The number of rotatable bonds is 3. The smallest absolute Gasteiger partial charge is 0.254 e. The fourth-order valence-electron chi connectivity index (χ4n) is 1.31. The molecule has 1 N–H and O–H groups in total. The summed E-state index contributed by atoms with van der Waals surface area (Å²) in [7, 11) is 0. The SMILES string of the molecule is N#CCN(CC#N)C(=O)C1CNCCO1. The predicted octanol–water partition coefficient (Wildman–Crippen LogP) is -1.15. The number of nitrogens with one attached hydrogen (secondary N) is 1. The van der Waals surface area contributed by atoms with Crippen LogP contribution in [0.5, 0.6) is 0 Å². The van der Waals surface area contributed by atoms with Crippen LogP contribution in [0.2, 0.25) is 0 Å². The third kappa shape index (κ3) is 3.21. The lowest BCUT2D eigenvalue weighted by Crippen LogP contribution is -2.49. The molecular weight excluding hydrogens is 196 g/mol. The van der Waals surface area contributed by atoms with E-state index in [1.807, 2.05) is 12.1 Å². The van der Waals surface area contributed by atoms with E-state index < -0.39 is 6.10 Å². The minimum atomic E-state index is -0.569.